The minimum Gasteiger partial charge on any atom is -0.345 e. The van der Waals surface area contributed by atoms with Crippen LogP contribution in [0.15, 0.2) is 89.4 Å². The first-order chi connectivity index (χ1) is 16.0. The van der Waals surface area contributed by atoms with Crippen LogP contribution in [0.3, 0.4) is 0 Å². The van der Waals surface area contributed by atoms with Crippen LogP contribution in [0, 0.1) is 11.3 Å². The highest BCUT2D eigenvalue weighted by Crippen LogP contribution is 2.31. The maximum atomic E-state index is 13.0. The fourth-order valence-corrected chi connectivity index (χ4v) is 3.63. The Labute approximate surface area is 196 Å². The number of benzene rings is 3. The molecule has 3 aromatic carbocycles. The number of nitrogens with zero attached hydrogens (tertiary/aromatic N) is 2. The van der Waals surface area contributed by atoms with Gasteiger partial charge < -0.3 is 10.6 Å². The van der Waals surface area contributed by atoms with Crippen molar-refractivity contribution in [3.63, 3.8) is 0 Å². The highest BCUT2D eigenvalue weighted by atomic mass is 35.5. The van der Waals surface area contributed by atoms with Gasteiger partial charge in [-0.05, 0) is 36.8 Å². The molecule has 0 radical (unpaired) electrons. The Morgan fingerprint density at radius 2 is 1.58 bits per heavy atom. The number of amides is 2. The Morgan fingerprint density at radius 1 is 0.939 bits per heavy atom. The van der Waals surface area contributed by atoms with E-state index in [1.165, 1.54) is 0 Å². The average molecular weight is 455 g/mol. The molecule has 1 aliphatic rings. The number of hydrogen-bond acceptors (Lipinski definition) is 4. The van der Waals surface area contributed by atoms with Crippen LogP contribution < -0.4 is 10.6 Å². The molecule has 0 saturated heterocycles. The molecule has 1 aliphatic heterocycles. The van der Waals surface area contributed by atoms with E-state index in [9.17, 15) is 14.9 Å². The molecule has 0 unspecified atom stereocenters. The molecule has 1 heterocycles. The minimum atomic E-state index is -0.535. The molecule has 4 rings (SSSR count). The van der Waals surface area contributed by atoms with Crippen molar-refractivity contribution in [2.75, 3.05) is 0 Å². The van der Waals surface area contributed by atoms with E-state index < -0.39 is 5.91 Å². The smallest absolute Gasteiger partial charge is 0.264 e. The summed E-state index contributed by atoms with van der Waals surface area (Å²) in [5, 5.41) is 16.0. The van der Waals surface area contributed by atoms with Gasteiger partial charge in [0.2, 0.25) is 0 Å². The van der Waals surface area contributed by atoms with E-state index in [0.717, 1.165) is 5.56 Å². The van der Waals surface area contributed by atoms with Crippen molar-refractivity contribution in [3.8, 4) is 6.07 Å². The first kappa shape index (κ1) is 22.0. The number of carbonyl (C=O) groups excluding carboxylic acids is 2. The molecule has 162 valence electrons. The van der Waals surface area contributed by atoms with Crippen molar-refractivity contribution in [1.82, 2.24) is 10.6 Å². The highest BCUT2D eigenvalue weighted by molar-refractivity contribution is 6.30. The summed E-state index contributed by atoms with van der Waals surface area (Å²) in [4.78, 5) is 30.2. The summed E-state index contributed by atoms with van der Waals surface area (Å²) in [5.41, 5.74) is 2.65. The third kappa shape index (κ3) is 4.69. The summed E-state index contributed by atoms with van der Waals surface area (Å²) in [6.07, 6.45) is 0. The Balaban J connectivity index is 1.65. The van der Waals surface area contributed by atoms with E-state index in [0.29, 0.717) is 21.7 Å². The number of nitriles is 1. The standard InChI is InChI=1S/C26H19ClN4O2/c1-16(17-7-3-2-4-8-17)29-26(33)22(15-28)23-20-9-5-6-10-21(20)24(30-23)31-25(32)18-11-13-19(27)14-12-18/h2-14,16H,1H3,(H,29,33)(H,30,31,32)/b23-22+/t16-/m0/s1. The molecule has 2 N–H and O–H groups in total. The predicted octanol–water partition coefficient (Wildman–Crippen LogP) is 4.64. The monoisotopic (exact) mass is 454 g/mol. The molecule has 0 aliphatic carbocycles. The molecule has 0 bridgehead atoms. The van der Waals surface area contributed by atoms with Crippen molar-refractivity contribution >= 4 is 34.9 Å². The number of amidine groups is 1. The molecular weight excluding hydrogens is 436 g/mol. The molecule has 1 atom stereocenters. The number of aliphatic imine (C=N–C) groups is 1. The third-order valence-corrected chi connectivity index (χ3v) is 5.47. The number of rotatable bonds is 4. The van der Waals surface area contributed by atoms with E-state index in [1.807, 2.05) is 43.3 Å². The molecule has 33 heavy (non-hydrogen) atoms. The summed E-state index contributed by atoms with van der Waals surface area (Å²) in [7, 11) is 0. The lowest BCUT2D eigenvalue weighted by atomic mass is 10.0. The third-order valence-electron chi connectivity index (χ3n) is 5.22. The molecule has 0 saturated carbocycles. The number of halogens is 1. The second-order valence-electron chi connectivity index (χ2n) is 7.41. The van der Waals surface area contributed by atoms with Gasteiger partial charge in [0.1, 0.15) is 17.5 Å². The van der Waals surface area contributed by atoms with Gasteiger partial charge in [-0.25, -0.2) is 4.99 Å². The van der Waals surface area contributed by atoms with E-state index in [-0.39, 0.29) is 29.1 Å². The van der Waals surface area contributed by atoms with Crippen LogP contribution in [0.5, 0.6) is 0 Å². The van der Waals surface area contributed by atoms with Crippen molar-refractivity contribution in [1.29, 1.82) is 5.26 Å². The van der Waals surface area contributed by atoms with Crippen molar-refractivity contribution in [2.24, 2.45) is 4.99 Å². The van der Waals surface area contributed by atoms with Gasteiger partial charge in [-0.3, -0.25) is 9.59 Å². The topological polar surface area (TPSA) is 94.3 Å². The van der Waals surface area contributed by atoms with E-state index in [2.05, 4.69) is 15.6 Å². The summed E-state index contributed by atoms with van der Waals surface area (Å²) in [5.74, 6) is -0.632. The zero-order valence-corrected chi connectivity index (χ0v) is 18.4. The lowest BCUT2D eigenvalue weighted by molar-refractivity contribution is -0.117. The van der Waals surface area contributed by atoms with Crippen molar-refractivity contribution in [3.05, 3.63) is 112 Å². The second-order valence-corrected chi connectivity index (χ2v) is 7.84. The van der Waals surface area contributed by atoms with E-state index in [4.69, 9.17) is 11.6 Å². The second kappa shape index (κ2) is 9.51. The Morgan fingerprint density at radius 3 is 2.24 bits per heavy atom. The van der Waals surface area contributed by atoms with Gasteiger partial charge in [0, 0.05) is 21.7 Å². The molecule has 6 nitrogen and oxygen atoms in total. The molecule has 0 aromatic heterocycles. The quantitative estimate of drug-likeness (QED) is 0.444. The van der Waals surface area contributed by atoms with Crippen molar-refractivity contribution in [2.45, 2.75) is 13.0 Å². The van der Waals surface area contributed by atoms with Gasteiger partial charge in [0.25, 0.3) is 11.8 Å². The van der Waals surface area contributed by atoms with Gasteiger partial charge in [0.15, 0.2) is 0 Å². The molecular formula is C26H19ClN4O2. The van der Waals surface area contributed by atoms with E-state index >= 15 is 0 Å². The summed E-state index contributed by atoms with van der Waals surface area (Å²) in [6, 6.07) is 24.7. The van der Waals surface area contributed by atoms with Crippen LogP contribution in [0.2, 0.25) is 5.02 Å². The molecule has 0 fully saturated rings. The number of carbonyl (C=O) groups is 2. The zero-order chi connectivity index (χ0) is 23.4. The van der Waals surface area contributed by atoms with Crippen LogP contribution in [0.25, 0.3) is 5.70 Å². The van der Waals surface area contributed by atoms with Crippen LogP contribution >= 0.6 is 11.6 Å². The fraction of sp³-hybridized carbons (Fsp3) is 0.0769. The maximum absolute atomic E-state index is 13.0. The number of fused-ring (bicyclic) bond motifs is 1. The molecule has 7 heteroatoms. The van der Waals surface area contributed by atoms with Gasteiger partial charge >= 0.3 is 0 Å². The number of hydrogen-bond donors (Lipinski definition) is 2. The first-order valence-electron chi connectivity index (χ1n) is 10.2. The lowest BCUT2D eigenvalue weighted by Crippen LogP contribution is -2.30. The summed E-state index contributed by atoms with van der Waals surface area (Å²) < 4.78 is 0. The number of nitrogens with one attached hydrogen (secondary N) is 2. The van der Waals surface area contributed by atoms with Crippen LogP contribution in [0.4, 0.5) is 0 Å². The average Bonchev–Trinajstić information content (AvgIpc) is 3.18. The van der Waals surface area contributed by atoms with Crippen molar-refractivity contribution < 1.29 is 9.59 Å². The maximum Gasteiger partial charge on any atom is 0.264 e. The fourth-order valence-electron chi connectivity index (χ4n) is 3.50. The molecule has 0 spiro atoms. The highest BCUT2D eigenvalue weighted by Gasteiger charge is 2.27. The van der Waals surface area contributed by atoms with Crippen LogP contribution in [-0.4, -0.2) is 17.6 Å². The minimum absolute atomic E-state index is 0.124. The van der Waals surface area contributed by atoms with E-state index in [1.54, 1.807) is 48.5 Å². The normalized spacial score (nSPS) is 14.4. The van der Waals surface area contributed by atoms with Gasteiger partial charge in [-0.1, -0.05) is 66.2 Å². The van der Waals surface area contributed by atoms with Crippen LogP contribution in [0.1, 0.15) is 40.0 Å². The zero-order valence-electron chi connectivity index (χ0n) is 17.7. The van der Waals surface area contributed by atoms with Gasteiger partial charge in [0.05, 0.1) is 11.7 Å². The Kier molecular flexibility index (Phi) is 6.34. The Bertz CT molecular complexity index is 1320. The SMILES string of the molecule is C[C@H](NC(=O)/C(C#N)=C1/N=C(NC(=O)c2ccc(Cl)cc2)c2ccccc21)c1ccccc1. The predicted molar refractivity (Wildman–Crippen MR) is 127 cm³/mol. The molecule has 2 amide bonds. The van der Waals surface area contributed by atoms with Crippen LogP contribution in [-0.2, 0) is 4.79 Å². The largest absolute Gasteiger partial charge is 0.345 e. The van der Waals surface area contributed by atoms with Gasteiger partial charge in [-0.2, -0.15) is 5.26 Å². The lowest BCUT2D eigenvalue weighted by Gasteiger charge is -2.14. The first-order valence-corrected chi connectivity index (χ1v) is 10.6. The summed E-state index contributed by atoms with van der Waals surface area (Å²) in [6.45, 7) is 1.84. The molecule has 3 aromatic rings. The van der Waals surface area contributed by atoms with Gasteiger partial charge in [-0.15, -0.1) is 0 Å². The summed E-state index contributed by atoms with van der Waals surface area (Å²) >= 11 is 5.90. The Hall–Kier alpha value is -4.21.